The first kappa shape index (κ1) is 13.1. The second-order valence-electron chi connectivity index (χ2n) is 5.28. The fourth-order valence-electron chi connectivity index (χ4n) is 3.00. The maximum absolute atomic E-state index is 10.2. The zero-order chi connectivity index (χ0) is 12.8. The lowest BCUT2D eigenvalue weighted by atomic mass is 9.80. The van der Waals surface area contributed by atoms with Crippen LogP contribution in [-0.2, 0) is 11.2 Å². The summed E-state index contributed by atoms with van der Waals surface area (Å²) >= 11 is 0. The molecule has 2 heteroatoms. The highest BCUT2D eigenvalue weighted by atomic mass is 16.3. The van der Waals surface area contributed by atoms with Gasteiger partial charge in [-0.15, -0.1) is 0 Å². The van der Waals surface area contributed by atoms with E-state index in [1.165, 1.54) is 36.8 Å². The molecule has 1 aromatic rings. The predicted molar refractivity (Wildman–Crippen MR) is 72.9 cm³/mol. The van der Waals surface area contributed by atoms with Gasteiger partial charge in [0.15, 0.2) is 0 Å². The van der Waals surface area contributed by atoms with Crippen molar-refractivity contribution < 1.29 is 9.90 Å². The second-order valence-corrected chi connectivity index (χ2v) is 5.28. The van der Waals surface area contributed by atoms with Gasteiger partial charge in [0.1, 0.15) is 12.0 Å². The van der Waals surface area contributed by atoms with Crippen LogP contribution in [0.4, 0.5) is 0 Å². The van der Waals surface area contributed by atoms with Crippen molar-refractivity contribution in [3.8, 4) is 5.75 Å². The Balaban J connectivity index is 1.89. The van der Waals surface area contributed by atoms with E-state index in [1.807, 2.05) is 12.1 Å². The molecule has 1 unspecified atom stereocenters. The molecule has 1 atom stereocenters. The number of aromatic hydroxyl groups is 1. The van der Waals surface area contributed by atoms with Gasteiger partial charge in [0.05, 0.1) is 0 Å². The van der Waals surface area contributed by atoms with Gasteiger partial charge in [0.2, 0.25) is 0 Å². The monoisotopic (exact) mass is 246 g/mol. The smallest absolute Gasteiger partial charge is 0.119 e. The van der Waals surface area contributed by atoms with Gasteiger partial charge in [0.25, 0.3) is 0 Å². The Labute approximate surface area is 109 Å². The first-order chi connectivity index (χ1) is 8.81. The summed E-state index contributed by atoms with van der Waals surface area (Å²) in [6, 6.07) is 5.83. The number of carbonyl (C=O) groups excluding carboxylic acids is 1. The van der Waals surface area contributed by atoms with Crippen molar-refractivity contribution in [2.45, 2.75) is 57.3 Å². The lowest BCUT2D eigenvalue weighted by Crippen LogP contribution is -2.09. The lowest BCUT2D eigenvalue weighted by molar-refractivity contribution is -0.107. The number of aldehydes is 1. The van der Waals surface area contributed by atoms with Gasteiger partial charge in [-0.25, -0.2) is 0 Å². The standard InChI is InChI=1S/C16H22O2/c17-11-4-2-1-3-6-13-7-5-8-14-12-15(18)9-10-16(13)14/h9-13,18H,1-8H2. The lowest BCUT2D eigenvalue weighted by Gasteiger charge is -2.25. The number of phenols is 1. The van der Waals surface area contributed by atoms with Crippen LogP contribution < -0.4 is 0 Å². The summed E-state index contributed by atoms with van der Waals surface area (Å²) in [6.07, 6.45) is 9.93. The van der Waals surface area contributed by atoms with E-state index in [0.29, 0.717) is 18.1 Å². The van der Waals surface area contributed by atoms with Crippen LogP contribution in [0.5, 0.6) is 5.75 Å². The fraction of sp³-hybridized carbons (Fsp3) is 0.562. The fourth-order valence-corrected chi connectivity index (χ4v) is 3.00. The molecule has 0 aliphatic heterocycles. The van der Waals surface area contributed by atoms with E-state index in [0.717, 1.165) is 25.5 Å². The minimum atomic E-state index is 0.389. The summed E-state index contributed by atoms with van der Waals surface area (Å²) in [6.45, 7) is 0. The van der Waals surface area contributed by atoms with Crippen molar-refractivity contribution in [3.05, 3.63) is 29.3 Å². The maximum Gasteiger partial charge on any atom is 0.119 e. The van der Waals surface area contributed by atoms with E-state index in [4.69, 9.17) is 0 Å². The number of rotatable bonds is 6. The Morgan fingerprint density at radius 1 is 1.28 bits per heavy atom. The largest absolute Gasteiger partial charge is 0.508 e. The van der Waals surface area contributed by atoms with Crippen LogP contribution in [0.15, 0.2) is 18.2 Å². The van der Waals surface area contributed by atoms with Gasteiger partial charge in [-0.2, -0.15) is 0 Å². The van der Waals surface area contributed by atoms with Crippen LogP contribution in [0.3, 0.4) is 0 Å². The van der Waals surface area contributed by atoms with Gasteiger partial charge in [-0.1, -0.05) is 18.9 Å². The summed E-state index contributed by atoms with van der Waals surface area (Å²) < 4.78 is 0. The molecular weight excluding hydrogens is 224 g/mol. The Hall–Kier alpha value is -1.31. The highest BCUT2D eigenvalue weighted by molar-refractivity contribution is 5.48. The molecule has 0 aromatic heterocycles. The number of fused-ring (bicyclic) bond motifs is 1. The first-order valence-corrected chi connectivity index (χ1v) is 7.06. The topological polar surface area (TPSA) is 37.3 Å². The number of hydrogen-bond acceptors (Lipinski definition) is 2. The Morgan fingerprint density at radius 2 is 2.17 bits per heavy atom. The van der Waals surface area contributed by atoms with Gasteiger partial charge >= 0.3 is 0 Å². The quantitative estimate of drug-likeness (QED) is 0.609. The molecule has 1 aliphatic carbocycles. The molecule has 0 amide bonds. The summed E-state index contributed by atoms with van der Waals surface area (Å²) in [7, 11) is 0. The normalized spacial score (nSPS) is 18.3. The molecule has 0 saturated heterocycles. The van der Waals surface area contributed by atoms with Crippen LogP contribution in [0.25, 0.3) is 0 Å². The molecule has 1 aromatic carbocycles. The van der Waals surface area contributed by atoms with Crippen molar-refractivity contribution in [2.24, 2.45) is 0 Å². The van der Waals surface area contributed by atoms with Crippen molar-refractivity contribution in [3.63, 3.8) is 0 Å². The molecule has 98 valence electrons. The molecule has 2 rings (SSSR count). The van der Waals surface area contributed by atoms with E-state index in [1.54, 1.807) is 0 Å². The second kappa shape index (κ2) is 6.58. The number of benzene rings is 1. The number of unbranched alkanes of at least 4 members (excludes halogenated alkanes) is 3. The molecule has 2 nitrogen and oxygen atoms in total. The Bertz CT molecular complexity index is 398. The highest BCUT2D eigenvalue weighted by Crippen LogP contribution is 2.36. The van der Waals surface area contributed by atoms with Crippen molar-refractivity contribution in [1.29, 1.82) is 0 Å². The zero-order valence-electron chi connectivity index (χ0n) is 10.9. The zero-order valence-corrected chi connectivity index (χ0v) is 10.9. The average molecular weight is 246 g/mol. The van der Waals surface area contributed by atoms with Gasteiger partial charge in [-0.05, 0) is 61.3 Å². The Kier molecular flexibility index (Phi) is 4.80. The van der Waals surface area contributed by atoms with Gasteiger partial charge in [0, 0.05) is 6.42 Å². The molecule has 0 heterocycles. The number of carbonyl (C=O) groups is 1. The molecule has 0 radical (unpaired) electrons. The van der Waals surface area contributed by atoms with Gasteiger partial charge in [-0.3, -0.25) is 0 Å². The molecule has 1 aliphatic rings. The average Bonchev–Trinajstić information content (AvgIpc) is 2.38. The van der Waals surface area contributed by atoms with Crippen LogP contribution in [0.1, 0.15) is 62.0 Å². The van der Waals surface area contributed by atoms with Crippen molar-refractivity contribution in [2.75, 3.05) is 0 Å². The summed E-state index contributed by atoms with van der Waals surface area (Å²) in [4.78, 5) is 10.2. The van der Waals surface area contributed by atoms with E-state index < -0.39 is 0 Å². The van der Waals surface area contributed by atoms with E-state index in [9.17, 15) is 9.90 Å². The molecule has 18 heavy (non-hydrogen) atoms. The summed E-state index contributed by atoms with van der Waals surface area (Å²) in [5.74, 6) is 1.05. The van der Waals surface area contributed by atoms with Crippen molar-refractivity contribution >= 4 is 6.29 Å². The first-order valence-electron chi connectivity index (χ1n) is 7.06. The third-order valence-corrected chi connectivity index (χ3v) is 3.94. The number of phenolic OH excluding ortho intramolecular Hbond substituents is 1. The molecule has 0 fully saturated rings. The predicted octanol–water partition coefficient (Wildman–Crippen LogP) is 3.96. The molecule has 1 N–H and O–H groups in total. The molecule has 0 bridgehead atoms. The summed E-state index contributed by atoms with van der Waals surface area (Å²) in [5.41, 5.74) is 2.77. The minimum absolute atomic E-state index is 0.389. The van der Waals surface area contributed by atoms with E-state index in [2.05, 4.69) is 6.07 Å². The molecular formula is C16H22O2. The summed E-state index contributed by atoms with van der Waals surface area (Å²) in [5, 5.41) is 9.51. The number of aryl methyl sites for hydroxylation is 1. The molecule has 0 spiro atoms. The van der Waals surface area contributed by atoms with Crippen LogP contribution in [-0.4, -0.2) is 11.4 Å². The Morgan fingerprint density at radius 3 is 3.00 bits per heavy atom. The number of hydrogen-bond donors (Lipinski definition) is 1. The SMILES string of the molecule is O=CCCCCCC1CCCc2cc(O)ccc21. The minimum Gasteiger partial charge on any atom is -0.508 e. The highest BCUT2D eigenvalue weighted by Gasteiger charge is 2.19. The third-order valence-electron chi connectivity index (χ3n) is 3.94. The maximum atomic E-state index is 10.2. The third kappa shape index (κ3) is 3.34. The van der Waals surface area contributed by atoms with Crippen molar-refractivity contribution in [1.82, 2.24) is 0 Å². The molecule has 0 saturated carbocycles. The van der Waals surface area contributed by atoms with E-state index in [-0.39, 0.29) is 0 Å². The van der Waals surface area contributed by atoms with Crippen LogP contribution in [0, 0.1) is 0 Å². The van der Waals surface area contributed by atoms with Gasteiger partial charge < -0.3 is 9.90 Å². The van der Waals surface area contributed by atoms with Crippen LogP contribution in [0.2, 0.25) is 0 Å². The van der Waals surface area contributed by atoms with E-state index >= 15 is 0 Å². The van der Waals surface area contributed by atoms with Crippen LogP contribution >= 0.6 is 0 Å².